The second-order valence-electron chi connectivity index (χ2n) is 7.83. The Morgan fingerprint density at radius 2 is 1.72 bits per heavy atom. The molecule has 2 rings (SSSR count). The van der Waals surface area contributed by atoms with Crippen molar-refractivity contribution < 1.29 is 0 Å². The molecule has 2 aliphatic carbocycles. The van der Waals surface area contributed by atoms with Crippen LogP contribution in [-0.4, -0.2) is 12.1 Å². The lowest BCUT2D eigenvalue weighted by molar-refractivity contribution is 0.248. The first kappa shape index (κ1) is 14.4. The minimum atomic E-state index is 0.566. The molecule has 18 heavy (non-hydrogen) atoms. The van der Waals surface area contributed by atoms with Crippen LogP contribution in [-0.2, 0) is 0 Å². The van der Waals surface area contributed by atoms with E-state index in [1.54, 1.807) is 0 Å². The van der Waals surface area contributed by atoms with Crippen molar-refractivity contribution in [3.63, 3.8) is 0 Å². The van der Waals surface area contributed by atoms with Gasteiger partial charge in [-0.3, -0.25) is 0 Å². The van der Waals surface area contributed by atoms with Crippen molar-refractivity contribution >= 4 is 0 Å². The fourth-order valence-corrected chi connectivity index (χ4v) is 4.45. The van der Waals surface area contributed by atoms with Gasteiger partial charge >= 0.3 is 0 Å². The average molecular weight is 251 g/mol. The molecule has 1 N–H and O–H groups in total. The Kier molecular flexibility index (Phi) is 4.75. The van der Waals surface area contributed by atoms with Gasteiger partial charge in [-0.15, -0.1) is 0 Å². The molecule has 0 saturated heterocycles. The molecule has 0 spiro atoms. The molecule has 0 radical (unpaired) electrons. The third-order valence-corrected chi connectivity index (χ3v) is 5.33. The zero-order chi connectivity index (χ0) is 13.2. The van der Waals surface area contributed by atoms with Gasteiger partial charge in [-0.05, 0) is 55.8 Å². The van der Waals surface area contributed by atoms with Crippen LogP contribution in [0.25, 0.3) is 0 Å². The Morgan fingerprint density at radius 3 is 2.22 bits per heavy atom. The third kappa shape index (κ3) is 3.73. The summed E-state index contributed by atoms with van der Waals surface area (Å²) >= 11 is 0. The van der Waals surface area contributed by atoms with Crippen LogP contribution >= 0.6 is 0 Å². The topological polar surface area (TPSA) is 12.0 Å². The minimum absolute atomic E-state index is 0.566. The van der Waals surface area contributed by atoms with E-state index < -0.39 is 0 Å². The summed E-state index contributed by atoms with van der Waals surface area (Å²) in [4.78, 5) is 0. The fourth-order valence-electron chi connectivity index (χ4n) is 4.45. The summed E-state index contributed by atoms with van der Waals surface area (Å²) in [5.41, 5.74) is 0.566. The zero-order valence-corrected chi connectivity index (χ0v) is 13.0. The molecule has 0 bridgehead atoms. The molecule has 0 aromatic carbocycles. The lowest BCUT2D eigenvalue weighted by Gasteiger charge is -2.32. The molecule has 0 heterocycles. The zero-order valence-electron chi connectivity index (χ0n) is 13.0. The van der Waals surface area contributed by atoms with E-state index in [0.717, 1.165) is 23.9 Å². The van der Waals surface area contributed by atoms with Gasteiger partial charge in [0.15, 0.2) is 0 Å². The van der Waals surface area contributed by atoms with Crippen molar-refractivity contribution in [2.75, 3.05) is 0 Å². The molecule has 0 aromatic rings. The van der Waals surface area contributed by atoms with Crippen LogP contribution < -0.4 is 5.32 Å². The van der Waals surface area contributed by atoms with E-state index in [4.69, 9.17) is 0 Å². The summed E-state index contributed by atoms with van der Waals surface area (Å²) < 4.78 is 0. The van der Waals surface area contributed by atoms with Crippen molar-refractivity contribution in [1.29, 1.82) is 0 Å². The maximum atomic E-state index is 3.99. The number of rotatable bonds is 4. The first-order chi connectivity index (χ1) is 8.50. The van der Waals surface area contributed by atoms with E-state index >= 15 is 0 Å². The molecule has 0 aromatic heterocycles. The quantitative estimate of drug-likeness (QED) is 0.759. The maximum Gasteiger partial charge on any atom is 0.0101 e. The highest BCUT2D eigenvalue weighted by Gasteiger charge is 2.37. The summed E-state index contributed by atoms with van der Waals surface area (Å²) in [6.45, 7) is 9.63. The molecular formula is C17H33N. The van der Waals surface area contributed by atoms with Gasteiger partial charge in [-0.2, -0.15) is 0 Å². The molecule has 0 amide bonds. The Hall–Kier alpha value is -0.0400. The van der Waals surface area contributed by atoms with Gasteiger partial charge in [-0.25, -0.2) is 0 Å². The summed E-state index contributed by atoms with van der Waals surface area (Å²) in [6.07, 6.45) is 11.4. The molecule has 2 aliphatic rings. The predicted octanol–water partition coefficient (Wildman–Crippen LogP) is 4.76. The minimum Gasteiger partial charge on any atom is -0.311 e. The summed E-state index contributed by atoms with van der Waals surface area (Å²) in [7, 11) is 0. The van der Waals surface area contributed by atoms with Crippen LogP contribution in [0.1, 0.15) is 79.1 Å². The van der Waals surface area contributed by atoms with E-state index in [2.05, 4.69) is 33.0 Å². The Morgan fingerprint density at radius 1 is 1.06 bits per heavy atom. The lowest BCUT2D eigenvalue weighted by Crippen LogP contribution is -2.42. The molecule has 0 aliphatic heterocycles. The van der Waals surface area contributed by atoms with Gasteiger partial charge in [0, 0.05) is 12.1 Å². The molecule has 1 heteroatoms. The molecule has 2 fully saturated rings. The average Bonchev–Trinajstić information content (AvgIpc) is 2.55. The van der Waals surface area contributed by atoms with E-state index in [1.165, 1.54) is 51.4 Å². The van der Waals surface area contributed by atoms with E-state index in [9.17, 15) is 0 Å². The highest BCUT2D eigenvalue weighted by Crippen LogP contribution is 2.41. The van der Waals surface area contributed by atoms with Gasteiger partial charge in [-0.1, -0.05) is 40.5 Å². The smallest absolute Gasteiger partial charge is 0.0101 e. The van der Waals surface area contributed by atoms with Crippen LogP contribution in [0, 0.1) is 17.3 Å². The summed E-state index contributed by atoms with van der Waals surface area (Å²) in [5.74, 6) is 1.90. The molecule has 2 saturated carbocycles. The molecule has 2 atom stereocenters. The number of hydrogen-bond donors (Lipinski definition) is 1. The summed E-state index contributed by atoms with van der Waals surface area (Å²) in [6, 6.07) is 1.60. The highest BCUT2D eigenvalue weighted by atomic mass is 15.0. The Balaban J connectivity index is 1.75. The molecule has 2 unspecified atom stereocenters. The first-order valence-electron chi connectivity index (χ1n) is 8.26. The largest absolute Gasteiger partial charge is 0.311 e. The van der Waals surface area contributed by atoms with Crippen LogP contribution in [0.4, 0.5) is 0 Å². The van der Waals surface area contributed by atoms with Gasteiger partial charge in [0.2, 0.25) is 0 Å². The first-order valence-corrected chi connectivity index (χ1v) is 8.26. The summed E-state index contributed by atoms with van der Waals surface area (Å²) in [5, 5.41) is 3.99. The monoisotopic (exact) mass is 251 g/mol. The van der Waals surface area contributed by atoms with E-state index in [1.807, 2.05) is 0 Å². The second-order valence-corrected chi connectivity index (χ2v) is 7.83. The SMILES string of the molecule is CCCC1CCC(NC2CC(C)(C)CC2C)CC1. The van der Waals surface area contributed by atoms with Crippen LogP contribution in [0.5, 0.6) is 0 Å². The lowest BCUT2D eigenvalue weighted by atomic mass is 9.83. The van der Waals surface area contributed by atoms with Gasteiger partial charge in [0.1, 0.15) is 0 Å². The Bertz CT molecular complexity index is 250. The second kappa shape index (κ2) is 5.94. The van der Waals surface area contributed by atoms with Crippen LogP contribution in [0.3, 0.4) is 0 Å². The molecule has 106 valence electrons. The molecular weight excluding hydrogens is 218 g/mol. The maximum absolute atomic E-state index is 3.99. The van der Waals surface area contributed by atoms with Crippen molar-refractivity contribution in [3.8, 4) is 0 Å². The third-order valence-electron chi connectivity index (χ3n) is 5.33. The molecule has 1 nitrogen and oxygen atoms in total. The van der Waals surface area contributed by atoms with Crippen LogP contribution in [0.2, 0.25) is 0 Å². The Labute approximate surface area is 114 Å². The van der Waals surface area contributed by atoms with Crippen molar-refractivity contribution in [2.45, 2.75) is 91.1 Å². The van der Waals surface area contributed by atoms with Crippen molar-refractivity contribution in [3.05, 3.63) is 0 Å². The van der Waals surface area contributed by atoms with Gasteiger partial charge in [0.05, 0.1) is 0 Å². The van der Waals surface area contributed by atoms with E-state index in [0.29, 0.717) is 5.41 Å². The van der Waals surface area contributed by atoms with E-state index in [-0.39, 0.29) is 0 Å². The van der Waals surface area contributed by atoms with Gasteiger partial charge in [0.25, 0.3) is 0 Å². The van der Waals surface area contributed by atoms with Crippen molar-refractivity contribution in [2.24, 2.45) is 17.3 Å². The predicted molar refractivity (Wildman–Crippen MR) is 79.8 cm³/mol. The standard InChI is InChI=1S/C17H33N/c1-5-6-14-7-9-15(10-8-14)18-16-12-17(3,4)11-13(16)2/h13-16,18H,5-12H2,1-4H3. The van der Waals surface area contributed by atoms with Gasteiger partial charge < -0.3 is 5.32 Å². The normalized spacial score (nSPS) is 40.0. The highest BCUT2D eigenvalue weighted by molar-refractivity contribution is 4.93. The van der Waals surface area contributed by atoms with Crippen LogP contribution in [0.15, 0.2) is 0 Å². The number of hydrogen-bond acceptors (Lipinski definition) is 1. The number of nitrogens with one attached hydrogen (secondary N) is 1. The fraction of sp³-hybridized carbons (Fsp3) is 1.00. The van der Waals surface area contributed by atoms with Crippen molar-refractivity contribution in [1.82, 2.24) is 5.32 Å².